The Bertz CT molecular complexity index is 1140. The predicted molar refractivity (Wildman–Crippen MR) is 109 cm³/mol. The Morgan fingerprint density at radius 3 is 2.38 bits per heavy atom. The lowest BCUT2D eigenvalue weighted by molar-refractivity contribution is 0.102. The van der Waals surface area contributed by atoms with Crippen molar-refractivity contribution >= 4 is 34.0 Å². The number of aromatic nitrogens is 2. The normalized spacial score (nSPS) is 10.6. The van der Waals surface area contributed by atoms with Crippen LogP contribution in [0.5, 0.6) is 11.5 Å². The highest BCUT2D eigenvalue weighted by atomic mass is 16.5. The molecule has 0 fully saturated rings. The molecule has 0 spiro atoms. The molecule has 8 heteroatoms. The number of carbonyl (C=O) groups excluding carboxylic acids is 1. The first kappa shape index (κ1) is 18.3. The third kappa shape index (κ3) is 3.81. The summed E-state index contributed by atoms with van der Waals surface area (Å²) >= 11 is 0. The Labute approximate surface area is 166 Å². The van der Waals surface area contributed by atoms with Gasteiger partial charge in [0.25, 0.3) is 5.91 Å². The van der Waals surface area contributed by atoms with Crippen LogP contribution >= 0.6 is 0 Å². The van der Waals surface area contributed by atoms with Gasteiger partial charge in [0.1, 0.15) is 18.4 Å². The zero-order valence-electron chi connectivity index (χ0n) is 15.8. The van der Waals surface area contributed by atoms with E-state index in [-0.39, 0.29) is 5.91 Å². The van der Waals surface area contributed by atoms with E-state index in [0.29, 0.717) is 28.6 Å². The van der Waals surface area contributed by atoms with E-state index in [1.54, 1.807) is 38.5 Å². The number of ether oxygens (including phenoxy) is 2. The van der Waals surface area contributed by atoms with Gasteiger partial charge in [0.2, 0.25) is 0 Å². The molecule has 4 rings (SSSR count). The average molecular weight is 390 g/mol. The molecule has 2 aromatic heterocycles. The Hall–Kier alpha value is -4.07. The molecule has 2 N–H and O–H groups in total. The number of nitrogens with one attached hydrogen (secondary N) is 2. The number of hydrogen-bond donors (Lipinski definition) is 2. The van der Waals surface area contributed by atoms with Crippen molar-refractivity contribution in [3.63, 3.8) is 0 Å². The van der Waals surface area contributed by atoms with Crippen molar-refractivity contribution in [3.8, 4) is 11.5 Å². The van der Waals surface area contributed by atoms with Crippen LogP contribution in [0.4, 0.5) is 17.2 Å². The van der Waals surface area contributed by atoms with Crippen LogP contribution in [0.1, 0.15) is 10.4 Å². The van der Waals surface area contributed by atoms with Crippen molar-refractivity contribution in [1.29, 1.82) is 0 Å². The second kappa shape index (κ2) is 7.89. The fourth-order valence-corrected chi connectivity index (χ4v) is 2.85. The fraction of sp³-hybridized carbons (Fsp3) is 0.0952. The van der Waals surface area contributed by atoms with Gasteiger partial charge in [-0.3, -0.25) is 4.79 Å². The highest BCUT2D eigenvalue weighted by molar-refractivity contribution is 6.04. The molecular formula is C21H18N4O4. The van der Waals surface area contributed by atoms with E-state index in [4.69, 9.17) is 13.9 Å². The van der Waals surface area contributed by atoms with E-state index in [2.05, 4.69) is 20.6 Å². The molecule has 146 valence electrons. The van der Waals surface area contributed by atoms with E-state index in [1.165, 1.54) is 18.9 Å². The van der Waals surface area contributed by atoms with Crippen molar-refractivity contribution in [2.75, 3.05) is 24.9 Å². The molecule has 0 radical (unpaired) electrons. The zero-order chi connectivity index (χ0) is 20.2. The lowest BCUT2D eigenvalue weighted by Crippen LogP contribution is -2.10. The minimum absolute atomic E-state index is 0.234. The van der Waals surface area contributed by atoms with Gasteiger partial charge in [-0.2, -0.15) is 0 Å². The third-order valence-electron chi connectivity index (χ3n) is 4.33. The maximum absolute atomic E-state index is 12.1. The maximum Gasteiger partial charge on any atom is 0.258 e. The maximum atomic E-state index is 12.1. The summed E-state index contributed by atoms with van der Waals surface area (Å²) in [5.41, 5.74) is 2.66. The number of anilines is 3. The SMILES string of the molecule is COc1cc2ncnc(Nc3ccc(NC(=O)c4ccoc4)cc3)c2cc1OC. The largest absolute Gasteiger partial charge is 0.493 e. The van der Waals surface area contributed by atoms with E-state index in [1.807, 2.05) is 18.2 Å². The van der Waals surface area contributed by atoms with Crippen LogP contribution in [0, 0.1) is 0 Å². The summed E-state index contributed by atoms with van der Waals surface area (Å²) < 4.78 is 15.6. The number of benzene rings is 2. The molecule has 0 saturated heterocycles. The molecule has 2 heterocycles. The standard InChI is InChI=1S/C21H18N4O4/c1-27-18-9-16-17(10-19(18)28-2)22-12-23-20(16)24-14-3-5-15(6-4-14)25-21(26)13-7-8-29-11-13/h3-12H,1-2H3,(H,25,26)(H,22,23,24). The van der Waals surface area contributed by atoms with E-state index in [0.717, 1.165) is 16.6 Å². The van der Waals surface area contributed by atoms with Crippen LogP contribution in [0.2, 0.25) is 0 Å². The lowest BCUT2D eigenvalue weighted by atomic mass is 10.2. The highest BCUT2D eigenvalue weighted by Crippen LogP contribution is 2.34. The first-order chi connectivity index (χ1) is 14.2. The highest BCUT2D eigenvalue weighted by Gasteiger charge is 2.11. The molecule has 0 saturated carbocycles. The number of amides is 1. The molecule has 29 heavy (non-hydrogen) atoms. The third-order valence-corrected chi connectivity index (χ3v) is 4.33. The Morgan fingerprint density at radius 2 is 1.69 bits per heavy atom. The smallest absolute Gasteiger partial charge is 0.258 e. The van der Waals surface area contributed by atoms with Crippen LogP contribution in [0.25, 0.3) is 10.9 Å². The molecular weight excluding hydrogens is 372 g/mol. The molecule has 1 amide bonds. The second-order valence-corrected chi connectivity index (χ2v) is 6.12. The van der Waals surface area contributed by atoms with Crippen LogP contribution in [0.15, 0.2) is 65.7 Å². The number of furan rings is 1. The van der Waals surface area contributed by atoms with Gasteiger partial charge in [-0.15, -0.1) is 0 Å². The van der Waals surface area contributed by atoms with Gasteiger partial charge in [-0.1, -0.05) is 0 Å². The molecule has 0 bridgehead atoms. The minimum Gasteiger partial charge on any atom is -0.493 e. The van der Waals surface area contributed by atoms with Crippen molar-refractivity contribution < 1.29 is 18.7 Å². The first-order valence-electron chi connectivity index (χ1n) is 8.75. The predicted octanol–water partition coefficient (Wildman–Crippen LogP) is 4.24. The van der Waals surface area contributed by atoms with Crippen molar-refractivity contribution in [1.82, 2.24) is 9.97 Å². The summed E-state index contributed by atoms with van der Waals surface area (Å²) in [5, 5.41) is 6.87. The van der Waals surface area contributed by atoms with Gasteiger partial charge < -0.3 is 24.5 Å². The van der Waals surface area contributed by atoms with Crippen molar-refractivity contribution in [2.24, 2.45) is 0 Å². The Kier molecular flexibility index (Phi) is 4.98. The number of nitrogens with zero attached hydrogens (tertiary/aromatic N) is 2. The van der Waals surface area contributed by atoms with Gasteiger partial charge in [0, 0.05) is 22.8 Å². The van der Waals surface area contributed by atoms with Gasteiger partial charge in [0.15, 0.2) is 11.5 Å². The van der Waals surface area contributed by atoms with E-state index >= 15 is 0 Å². The van der Waals surface area contributed by atoms with Gasteiger partial charge >= 0.3 is 0 Å². The molecule has 2 aromatic carbocycles. The Morgan fingerprint density at radius 1 is 0.966 bits per heavy atom. The molecule has 8 nitrogen and oxygen atoms in total. The molecule has 0 unspecified atom stereocenters. The molecule has 0 atom stereocenters. The van der Waals surface area contributed by atoms with Crippen molar-refractivity contribution in [2.45, 2.75) is 0 Å². The molecule has 4 aromatic rings. The van der Waals surface area contributed by atoms with E-state index in [9.17, 15) is 4.79 Å². The van der Waals surface area contributed by atoms with Crippen LogP contribution < -0.4 is 20.1 Å². The van der Waals surface area contributed by atoms with Crippen molar-refractivity contribution in [3.05, 3.63) is 66.9 Å². The van der Waals surface area contributed by atoms with E-state index < -0.39 is 0 Å². The fourth-order valence-electron chi connectivity index (χ4n) is 2.85. The minimum atomic E-state index is -0.234. The summed E-state index contributed by atoms with van der Waals surface area (Å²) in [7, 11) is 3.16. The van der Waals surface area contributed by atoms with Gasteiger partial charge in [0.05, 0.1) is 31.6 Å². The zero-order valence-corrected chi connectivity index (χ0v) is 15.8. The summed E-state index contributed by atoms with van der Waals surface area (Å²) in [6.07, 6.45) is 4.34. The molecule has 0 aliphatic rings. The monoisotopic (exact) mass is 390 g/mol. The summed E-state index contributed by atoms with van der Waals surface area (Å²) in [5.74, 6) is 1.59. The Balaban J connectivity index is 1.56. The quantitative estimate of drug-likeness (QED) is 0.508. The number of carbonyl (C=O) groups is 1. The van der Waals surface area contributed by atoms with Crippen LogP contribution in [-0.4, -0.2) is 30.1 Å². The number of hydrogen-bond acceptors (Lipinski definition) is 7. The summed E-state index contributed by atoms with van der Waals surface area (Å²) in [6, 6.07) is 12.5. The number of fused-ring (bicyclic) bond motifs is 1. The lowest BCUT2D eigenvalue weighted by Gasteiger charge is -2.12. The molecule has 0 aliphatic carbocycles. The first-order valence-corrected chi connectivity index (χ1v) is 8.75. The van der Waals surface area contributed by atoms with Crippen LogP contribution in [0.3, 0.4) is 0 Å². The summed E-state index contributed by atoms with van der Waals surface area (Å²) in [4.78, 5) is 20.7. The molecule has 0 aliphatic heterocycles. The van der Waals surface area contributed by atoms with Gasteiger partial charge in [-0.25, -0.2) is 9.97 Å². The van der Waals surface area contributed by atoms with Crippen LogP contribution in [-0.2, 0) is 0 Å². The number of methoxy groups -OCH3 is 2. The summed E-state index contributed by atoms with van der Waals surface area (Å²) in [6.45, 7) is 0. The average Bonchev–Trinajstić information content (AvgIpc) is 3.29. The second-order valence-electron chi connectivity index (χ2n) is 6.12. The topological polar surface area (TPSA) is 98.5 Å². The van der Waals surface area contributed by atoms with Gasteiger partial charge in [-0.05, 0) is 36.4 Å². The number of rotatable bonds is 6.